The van der Waals surface area contributed by atoms with Crippen molar-refractivity contribution < 1.29 is 30.8 Å². The smallest absolute Gasteiger partial charge is 0.261 e. The molecule has 3 rings (SSSR count). The lowest BCUT2D eigenvalue weighted by Gasteiger charge is -2.13. The number of sulfonamides is 2. The van der Waals surface area contributed by atoms with Crippen LogP contribution in [0.25, 0.3) is 0 Å². The number of hydrogen-bond donors (Lipinski definition) is 3. The van der Waals surface area contributed by atoms with E-state index in [0.29, 0.717) is 6.54 Å². The van der Waals surface area contributed by atoms with Crippen LogP contribution >= 0.6 is 0 Å². The molecular formula is C22H22FN3O6S2. The molecule has 0 aromatic heterocycles. The summed E-state index contributed by atoms with van der Waals surface area (Å²) in [5.41, 5.74) is 0.338. The summed E-state index contributed by atoms with van der Waals surface area (Å²) in [6, 6.07) is 13.6. The van der Waals surface area contributed by atoms with Crippen molar-refractivity contribution in [3.8, 4) is 5.75 Å². The van der Waals surface area contributed by atoms with Crippen molar-refractivity contribution >= 4 is 37.3 Å². The fourth-order valence-corrected chi connectivity index (χ4v) is 5.08. The van der Waals surface area contributed by atoms with Gasteiger partial charge in [0, 0.05) is 17.9 Å². The van der Waals surface area contributed by atoms with Crippen molar-refractivity contribution in [3.63, 3.8) is 0 Å². The maximum Gasteiger partial charge on any atom is 0.261 e. The highest BCUT2D eigenvalue weighted by molar-refractivity contribution is 7.93. The minimum absolute atomic E-state index is 0.0560. The minimum atomic E-state index is -4.10. The van der Waals surface area contributed by atoms with Crippen LogP contribution < -0.4 is 19.5 Å². The van der Waals surface area contributed by atoms with E-state index in [2.05, 4.69) is 14.8 Å². The zero-order valence-electron chi connectivity index (χ0n) is 18.2. The van der Waals surface area contributed by atoms with E-state index in [1.165, 1.54) is 61.7 Å². The topological polar surface area (TPSA) is 131 Å². The molecule has 0 atom stereocenters. The molecule has 0 radical (unpaired) electrons. The van der Waals surface area contributed by atoms with E-state index >= 15 is 0 Å². The molecule has 0 bridgehead atoms. The molecule has 3 aromatic carbocycles. The number of methoxy groups -OCH3 is 1. The van der Waals surface area contributed by atoms with Gasteiger partial charge in [-0.1, -0.05) is 0 Å². The van der Waals surface area contributed by atoms with Crippen molar-refractivity contribution in [1.82, 2.24) is 5.32 Å². The zero-order chi connectivity index (χ0) is 24.9. The van der Waals surface area contributed by atoms with Gasteiger partial charge in [0.05, 0.1) is 22.5 Å². The van der Waals surface area contributed by atoms with Crippen molar-refractivity contribution in [1.29, 1.82) is 0 Å². The second-order valence-corrected chi connectivity index (χ2v) is 10.3. The van der Waals surface area contributed by atoms with Crippen LogP contribution in [0.3, 0.4) is 0 Å². The number of carbonyl (C=O) groups excluding carboxylic acids is 1. The fourth-order valence-electron chi connectivity index (χ4n) is 2.94. The first-order chi connectivity index (χ1) is 16.1. The summed E-state index contributed by atoms with van der Waals surface area (Å²) in [5, 5.41) is 2.59. The SMILES string of the molecule is CCNC(=O)c1cc(S(=O)(=O)Nc2ccc(S(=O)(=O)Nc3ccc(F)cc3)cc2)ccc1OC. The summed E-state index contributed by atoms with van der Waals surface area (Å²) in [4.78, 5) is 12.0. The van der Waals surface area contributed by atoms with Crippen molar-refractivity contribution in [2.75, 3.05) is 23.1 Å². The minimum Gasteiger partial charge on any atom is -0.496 e. The number of ether oxygens (including phenoxy) is 1. The Bertz CT molecular complexity index is 1390. The highest BCUT2D eigenvalue weighted by Gasteiger charge is 2.21. The maximum atomic E-state index is 13.0. The van der Waals surface area contributed by atoms with Gasteiger partial charge in [-0.25, -0.2) is 21.2 Å². The number of nitrogens with one attached hydrogen (secondary N) is 3. The van der Waals surface area contributed by atoms with Crippen LogP contribution in [0.15, 0.2) is 76.5 Å². The molecule has 0 unspecified atom stereocenters. The third-order valence-electron chi connectivity index (χ3n) is 4.58. The third kappa shape index (κ3) is 5.83. The fraction of sp³-hybridized carbons (Fsp3) is 0.136. The molecule has 1 amide bonds. The molecule has 180 valence electrons. The number of benzene rings is 3. The van der Waals surface area contributed by atoms with Gasteiger partial charge in [-0.3, -0.25) is 14.2 Å². The molecule has 9 nitrogen and oxygen atoms in total. The van der Waals surface area contributed by atoms with Gasteiger partial charge in [-0.2, -0.15) is 0 Å². The predicted molar refractivity (Wildman–Crippen MR) is 125 cm³/mol. The summed E-state index contributed by atoms with van der Waals surface area (Å²) in [6.07, 6.45) is 0. The summed E-state index contributed by atoms with van der Waals surface area (Å²) < 4.78 is 73.5. The largest absolute Gasteiger partial charge is 0.496 e. The van der Waals surface area contributed by atoms with E-state index in [4.69, 9.17) is 4.74 Å². The highest BCUT2D eigenvalue weighted by atomic mass is 32.2. The predicted octanol–water partition coefficient (Wildman–Crippen LogP) is 3.19. The lowest BCUT2D eigenvalue weighted by atomic mass is 10.2. The molecule has 3 aromatic rings. The summed E-state index contributed by atoms with van der Waals surface area (Å²) in [6.45, 7) is 2.08. The standard InChI is InChI=1S/C22H22FN3O6S2/c1-3-24-22(27)20-14-19(12-13-21(20)32-2)34(30,31)26-17-8-10-18(11-9-17)33(28,29)25-16-6-4-15(23)5-7-16/h4-14,25-26H,3H2,1-2H3,(H,24,27). The van der Waals surface area contributed by atoms with Crippen molar-refractivity contribution in [2.24, 2.45) is 0 Å². The van der Waals surface area contributed by atoms with Crippen LogP contribution in [0.4, 0.5) is 15.8 Å². The molecule has 0 aliphatic carbocycles. The molecular weight excluding hydrogens is 485 g/mol. The van der Waals surface area contributed by atoms with E-state index in [1.807, 2.05) is 0 Å². The van der Waals surface area contributed by atoms with Crippen LogP contribution in [0.5, 0.6) is 5.75 Å². The van der Waals surface area contributed by atoms with Gasteiger partial charge in [0.2, 0.25) is 0 Å². The van der Waals surface area contributed by atoms with Gasteiger partial charge in [-0.15, -0.1) is 0 Å². The van der Waals surface area contributed by atoms with E-state index in [9.17, 15) is 26.0 Å². The monoisotopic (exact) mass is 507 g/mol. The van der Waals surface area contributed by atoms with Gasteiger partial charge < -0.3 is 10.1 Å². The number of carbonyl (C=O) groups is 1. The molecule has 0 aliphatic rings. The van der Waals surface area contributed by atoms with Gasteiger partial charge in [0.15, 0.2) is 0 Å². The first kappa shape index (κ1) is 25.0. The van der Waals surface area contributed by atoms with Crippen LogP contribution in [0, 0.1) is 5.82 Å². The summed E-state index contributed by atoms with van der Waals surface area (Å²) >= 11 is 0. The van der Waals surface area contributed by atoms with E-state index in [-0.39, 0.29) is 32.5 Å². The average molecular weight is 508 g/mol. The number of anilines is 2. The Morgan fingerprint density at radius 1 is 0.824 bits per heavy atom. The normalized spacial score (nSPS) is 11.5. The molecule has 12 heteroatoms. The second kappa shape index (κ2) is 10.1. The van der Waals surface area contributed by atoms with Crippen molar-refractivity contribution in [3.05, 3.63) is 78.1 Å². The Labute approximate surface area is 197 Å². The van der Waals surface area contributed by atoms with Gasteiger partial charge in [-0.05, 0) is 73.7 Å². The molecule has 0 heterocycles. The second-order valence-electron chi connectivity index (χ2n) is 6.96. The van der Waals surface area contributed by atoms with Crippen LogP contribution in [-0.2, 0) is 20.0 Å². The number of halogens is 1. The number of rotatable bonds is 9. The van der Waals surface area contributed by atoms with Gasteiger partial charge in [0.25, 0.3) is 26.0 Å². The zero-order valence-corrected chi connectivity index (χ0v) is 19.8. The molecule has 0 saturated carbocycles. The lowest BCUT2D eigenvalue weighted by Crippen LogP contribution is -2.24. The Morgan fingerprint density at radius 2 is 1.32 bits per heavy atom. The number of hydrogen-bond acceptors (Lipinski definition) is 6. The summed E-state index contributed by atoms with van der Waals surface area (Å²) in [5.74, 6) is -0.776. The molecule has 0 aliphatic heterocycles. The van der Waals surface area contributed by atoms with Crippen molar-refractivity contribution in [2.45, 2.75) is 16.7 Å². The molecule has 0 saturated heterocycles. The van der Waals surface area contributed by atoms with Crippen LogP contribution in [0.1, 0.15) is 17.3 Å². The van der Waals surface area contributed by atoms with E-state index in [0.717, 1.165) is 12.1 Å². The Balaban J connectivity index is 1.81. The van der Waals surface area contributed by atoms with E-state index < -0.39 is 31.8 Å². The van der Waals surface area contributed by atoms with Crippen LogP contribution in [0.2, 0.25) is 0 Å². The Morgan fingerprint density at radius 3 is 1.85 bits per heavy atom. The molecule has 0 fully saturated rings. The molecule has 34 heavy (non-hydrogen) atoms. The Hall–Kier alpha value is -3.64. The molecule has 0 spiro atoms. The highest BCUT2D eigenvalue weighted by Crippen LogP contribution is 2.25. The first-order valence-electron chi connectivity index (χ1n) is 9.93. The maximum absolute atomic E-state index is 13.0. The quantitative estimate of drug-likeness (QED) is 0.408. The summed E-state index contributed by atoms with van der Waals surface area (Å²) in [7, 11) is -6.71. The average Bonchev–Trinajstić information content (AvgIpc) is 2.80. The lowest BCUT2D eigenvalue weighted by molar-refractivity contribution is 0.0952. The Kier molecular flexibility index (Phi) is 7.42. The number of amides is 1. The van der Waals surface area contributed by atoms with Gasteiger partial charge >= 0.3 is 0 Å². The van der Waals surface area contributed by atoms with Crippen LogP contribution in [-0.4, -0.2) is 36.4 Å². The van der Waals surface area contributed by atoms with Gasteiger partial charge in [0.1, 0.15) is 11.6 Å². The third-order valence-corrected chi connectivity index (χ3v) is 7.35. The first-order valence-corrected chi connectivity index (χ1v) is 12.9. The molecule has 3 N–H and O–H groups in total. The van der Waals surface area contributed by atoms with E-state index in [1.54, 1.807) is 6.92 Å².